The molecule has 1 aromatic carbocycles. The summed E-state index contributed by atoms with van der Waals surface area (Å²) < 4.78 is 5.11. The van der Waals surface area contributed by atoms with Gasteiger partial charge in [0.2, 0.25) is 5.91 Å². The zero-order chi connectivity index (χ0) is 20.4. The third-order valence-electron chi connectivity index (χ3n) is 4.11. The van der Waals surface area contributed by atoms with Crippen LogP contribution in [0.15, 0.2) is 71.8 Å². The van der Waals surface area contributed by atoms with Gasteiger partial charge in [0, 0.05) is 5.75 Å². The Labute approximate surface area is 170 Å². The van der Waals surface area contributed by atoms with Crippen LogP contribution in [0, 0.1) is 5.92 Å². The standard InChI is InChI=1S/C22H26N2O3S/c1-4-10-16(11-5-2)14-18(21(26)27-6-3)20(25)24-22-23-19(15-28-22)17-12-8-7-9-13-17/h4-5,7-13,18-19H,1,6,14-15H2,2-3H3,(H,23,24,25)/b11-5-,16-10+. The van der Waals surface area contributed by atoms with E-state index in [2.05, 4.69) is 16.9 Å². The van der Waals surface area contributed by atoms with Gasteiger partial charge in [-0.3, -0.25) is 14.6 Å². The molecule has 2 atom stereocenters. The third-order valence-corrected chi connectivity index (χ3v) is 5.07. The summed E-state index contributed by atoms with van der Waals surface area (Å²) >= 11 is 1.48. The van der Waals surface area contributed by atoms with E-state index in [1.54, 1.807) is 19.1 Å². The van der Waals surface area contributed by atoms with E-state index in [4.69, 9.17) is 4.74 Å². The van der Waals surface area contributed by atoms with Crippen molar-refractivity contribution in [2.45, 2.75) is 26.3 Å². The second-order valence-electron chi connectivity index (χ2n) is 6.15. The number of hydrogen-bond donors (Lipinski definition) is 1. The van der Waals surface area contributed by atoms with Gasteiger partial charge in [-0.15, -0.1) is 0 Å². The van der Waals surface area contributed by atoms with E-state index in [1.807, 2.05) is 49.4 Å². The van der Waals surface area contributed by atoms with Crippen molar-refractivity contribution in [1.29, 1.82) is 0 Å². The van der Waals surface area contributed by atoms with Gasteiger partial charge in [-0.1, -0.05) is 73.0 Å². The second-order valence-corrected chi connectivity index (χ2v) is 7.16. The van der Waals surface area contributed by atoms with E-state index in [9.17, 15) is 9.59 Å². The maximum absolute atomic E-state index is 12.8. The summed E-state index contributed by atoms with van der Waals surface area (Å²) in [6.45, 7) is 7.51. The Bertz CT molecular complexity index is 784. The minimum Gasteiger partial charge on any atom is -0.465 e. The lowest BCUT2D eigenvalue weighted by Gasteiger charge is -2.16. The number of nitrogens with one attached hydrogen (secondary N) is 1. The average Bonchev–Trinajstić information content (AvgIpc) is 3.15. The van der Waals surface area contributed by atoms with Crippen LogP contribution in [-0.4, -0.2) is 29.4 Å². The molecule has 1 amide bonds. The molecule has 2 unspecified atom stereocenters. The molecule has 28 heavy (non-hydrogen) atoms. The van der Waals surface area contributed by atoms with Crippen molar-refractivity contribution in [2.24, 2.45) is 10.9 Å². The van der Waals surface area contributed by atoms with E-state index in [1.165, 1.54) is 11.8 Å². The first-order valence-electron chi connectivity index (χ1n) is 9.26. The molecule has 148 valence electrons. The lowest BCUT2D eigenvalue weighted by molar-refractivity contribution is -0.151. The molecule has 0 radical (unpaired) electrons. The van der Waals surface area contributed by atoms with Crippen molar-refractivity contribution in [3.8, 4) is 0 Å². The van der Waals surface area contributed by atoms with Gasteiger partial charge < -0.3 is 10.1 Å². The van der Waals surface area contributed by atoms with Crippen LogP contribution in [0.4, 0.5) is 0 Å². The smallest absolute Gasteiger partial charge is 0.318 e. The number of ether oxygens (including phenoxy) is 1. The normalized spacial score (nSPS) is 17.9. The maximum Gasteiger partial charge on any atom is 0.318 e. The van der Waals surface area contributed by atoms with Crippen LogP contribution in [-0.2, 0) is 14.3 Å². The quantitative estimate of drug-likeness (QED) is 0.405. The molecular weight excluding hydrogens is 372 g/mol. The van der Waals surface area contributed by atoms with Crippen LogP contribution >= 0.6 is 11.8 Å². The Hall–Kier alpha value is -2.60. The van der Waals surface area contributed by atoms with Gasteiger partial charge >= 0.3 is 5.97 Å². The van der Waals surface area contributed by atoms with Gasteiger partial charge in [0.05, 0.1) is 12.6 Å². The van der Waals surface area contributed by atoms with Crippen molar-refractivity contribution in [2.75, 3.05) is 12.4 Å². The highest BCUT2D eigenvalue weighted by Crippen LogP contribution is 2.29. The molecule has 1 heterocycles. The number of allylic oxidation sites excluding steroid dienone is 5. The first kappa shape index (κ1) is 21.7. The molecule has 6 heteroatoms. The number of carbonyl (C=O) groups is 2. The van der Waals surface area contributed by atoms with Gasteiger partial charge in [-0.2, -0.15) is 0 Å². The minimum atomic E-state index is -0.943. The number of aliphatic imine (C=N–C) groups is 1. The lowest BCUT2D eigenvalue weighted by atomic mass is 9.97. The topological polar surface area (TPSA) is 67.8 Å². The first-order valence-corrected chi connectivity index (χ1v) is 10.2. The van der Waals surface area contributed by atoms with E-state index in [0.717, 1.165) is 16.9 Å². The molecule has 1 aliphatic rings. The van der Waals surface area contributed by atoms with Crippen molar-refractivity contribution < 1.29 is 14.3 Å². The molecule has 0 fully saturated rings. The first-order chi connectivity index (χ1) is 13.6. The summed E-state index contributed by atoms with van der Waals surface area (Å²) in [7, 11) is 0. The molecule has 0 saturated heterocycles. The molecule has 5 nitrogen and oxygen atoms in total. The predicted molar refractivity (Wildman–Crippen MR) is 115 cm³/mol. The number of rotatable bonds is 8. The van der Waals surface area contributed by atoms with Gasteiger partial charge in [0.25, 0.3) is 0 Å². The van der Waals surface area contributed by atoms with Crippen LogP contribution in [0.5, 0.6) is 0 Å². The van der Waals surface area contributed by atoms with Crippen molar-refractivity contribution in [3.05, 3.63) is 72.4 Å². The van der Waals surface area contributed by atoms with Crippen molar-refractivity contribution in [3.63, 3.8) is 0 Å². The number of esters is 1. The Kier molecular flexibility index (Phi) is 8.75. The molecule has 1 N–H and O–H groups in total. The van der Waals surface area contributed by atoms with Crippen LogP contribution in [0.25, 0.3) is 0 Å². The predicted octanol–water partition coefficient (Wildman–Crippen LogP) is 4.20. The number of carbonyl (C=O) groups excluding carboxylic acids is 2. The van der Waals surface area contributed by atoms with Gasteiger partial charge in [0.1, 0.15) is 5.92 Å². The summed E-state index contributed by atoms with van der Waals surface area (Å²) in [5.41, 5.74) is 1.93. The molecular formula is C22H26N2O3S. The number of thioether (sulfide) groups is 1. The molecule has 1 aromatic rings. The highest BCUT2D eigenvalue weighted by Gasteiger charge is 2.31. The molecule has 0 aromatic heterocycles. The summed E-state index contributed by atoms with van der Waals surface area (Å²) in [5, 5.41) is 3.34. The molecule has 2 rings (SSSR count). The number of amides is 1. The van der Waals surface area contributed by atoms with Gasteiger partial charge in [-0.05, 0) is 31.4 Å². The zero-order valence-electron chi connectivity index (χ0n) is 16.3. The molecule has 0 aliphatic carbocycles. The number of amidine groups is 1. The minimum absolute atomic E-state index is 0.00166. The van der Waals surface area contributed by atoms with E-state index in [-0.39, 0.29) is 19.1 Å². The van der Waals surface area contributed by atoms with Gasteiger partial charge in [0.15, 0.2) is 5.17 Å². The molecule has 0 spiro atoms. The van der Waals surface area contributed by atoms with E-state index < -0.39 is 17.8 Å². The van der Waals surface area contributed by atoms with Crippen molar-refractivity contribution >= 4 is 28.8 Å². The monoisotopic (exact) mass is 398 g/mol. The summed E-state index contributed by atoms with van der Waals surface area (Å²) in [6.07, 6.45) is 7.37. The van der Waals surface area contributed by atoms with E-state index >= 15 is 0 Å². The SMILES string of the molecule is C=C/C=C(\C=C/C)CC(C(=O)NC1=NC(c2ccccc2)CS1)C(=O)OCC. The fraction of sp³-hybridized carbons (Fsp3) is 0.318. The van der Waals surface area contributed by atoms with Gasteiger partial charge in [-0.25, -0.2) is 0 Å². The maximum atomic E-state index is 12.8. The van der Waals surface area contributed by atoms with Crippen LogP contribution in [0.3, 0.4) is 0 Å². The number of benzene rings is 1. The van der Waals surface area contributed by atoms with Crippen LogP contribution in [0.2, 0.25) is 0 Å². The highest BCUT2D eigenvalue weighted by molar-refractivity contribution is 8.14. The molecule has 0 saturated carbocycles. The third kappa shape index (κ3) is 6.23. The number of hydrogen-bond acceptors (Lipinski definition) is 5. The fourth-order valence-electron chi connectivity index (χ4n) is 2.80. The second kappa shape index (κ2) is 11.3. The zero-order valence-corrected chi connectivity index (χ0v) is 17.1. The summed E-state index contributed by atoms with van der Waals surface area (Å²) in [5.74, 6) is -1.13. The van der Waals surface area contributed by atoms with Crippen molar-refractivity contribution in [1.82, 2.24) is 5.32 Å². The van der Waals surface area contributed by atoms with Crippen LogP contribution in [0.1, 0.15) is 31.9 Å². The summed E-state index contributed by atoms with van der Waals surface area (Å²) in [6, 6.07) is 9.94. The Balaban J connectivity index is 2.12. The lowest BCUT2D eigenvalue weighted by Crippen LogP contribution is -2.38. The molecule has 0 bridgehead atoms. The average molecular weight is 399 g/mol. The van der Waals surface area contributed by atoms with E-state index in [0.29, 0.717) is 5.17 Å². The Morgan fingerprint density at radius 1 is 1.39 bits per heavy atom. The largest absolute Gasteiger partial charge is 0.465 e. The Morgan fingerprint density at radius 3 is 2.79 bits per heavy atom. The molecule has 1 aliphatic heterocycles. The van der Waals surface area contributed by atoms with Crippen LogP contribution < -0.4 is 5.32 Å². The Morgan fingerprint density at radius 2 is 2.14 bits per heavy atom. The fourth-order valence-corrected chi connectivity index (χ4v) is 3.76. The highest BCUT2D eigenvalue weighted by atomic mass is 32.2. The number of nitrogens with zero attached hydrogens (tertiary/aromatic N) is 1. The summed E-state index contributed by atoms with van der Waals surface area (Å²) in [4.78, 5) is 29.8.